The van der Waals surface area contributed by atoms with Gasteiger partial charge in [-0.15, -0.1) is 0 Å². The van der Waals surface area contributed by atoms with Crippen LogP contribution >= 0.6 is 0 Å². The highest BCUT2D eigenvalue weighted by Crippen LogP contribution is 2.44. The zero-order chi connectivity index (χ0) is 24.6. The van der Waals surface area contributed by atoms with E-state index in [1.807, 2.05) is 48.4 Å². The maximum atomic E-state index is 12.7. The molecule has 0 fully saturated rings. The molecule has 1 atom stereocenters. The van der Waals surface area contributed by atoms with Gasteiger partial charge in [0.05, 0.1) is 12.5 Å². The van der Waals surface area contributed by atoms with Gasteiger partial charge in [-0.25, -0.2) is 9.59 Å². The number of nitrogens with one attached hydrogen (secondary N) is 2. The Morgan fingerprint density at radius 1 is 0.857 bits per heavy atom. The van der Waals surface area contributed by atoms with Crippen molar-refractivity contribution < 1.29 is 24.2 Å². The summed E-state index contributed by atoms with van der Waals surface area (Å²) in [6, 6.07) is 25.2. The number of benzene rings is 3. The van der Waals surface area contributed by atoms with E-state index >= 15 is 0 Å². The molecular weight excluding hydrogens is 444 g/mol. The van der Waals surface area contributed by atoms with E-state index in [1.54, 1.807) is 24.3 Å². The predicted molar refractivity (Wildman–Crippen MR) is 131 cm³/mol. The van der Waals surface area contributed by atoms with Gasteiger partial charge in [-0.1, -0.05) is 84.8 Å². The number of rotatable bonds is 7. The number of carbonyl (C=O) groups excluding carboxylic acids is 2. The van der Waals surface area contributed by atoms with Gasteiger partial charge in [-0.3, -0.25) is 4.79 Å². The smallest absolute Gasteiger partial charge is 0.407 e. The highest BCUT2D eigenvalue weighted by Gasteiger charge is 2.29. The molecule has 7 heteroatoms. The average molecular weight is 469 g/mol. The molecule has 3 aromatic carbocycles. The number of hydrogen-bond acceptors (Lipinski definition) is 4. The second kappa shape index (κ2) is 11.0. The minimum absolute atomic E-state index is 0.0128. The molecule has 0 aliphatic heterocycles. The summed E-state index contributed by atoms with van der Waals surface area (Å²) in [5.74, 6) is 1.91. The molecule has 4 rings (SSSR count). The van der Waals surface area contributed by atoms with E-state index in [1.165, 1.54) is 0 Å². The standard InChI is InChI=1S/C28H24N2O5/c31-26(32)15-8-16-29-27(33)24(19-9-2-1-3-10-19)17-30-28(34)35-18-25-22-13-6-4-11-20(22)21-12-5-7-14-23(21)25/h1-7,9-14,24-25H,16-18H2,(H,29,33)(H,30,34)(H,31,32). The number of fused-ring (bicyclic) bond motifs is 3. The lowest BCUT2D eigenvalue weighted by Gasteiger charge is -2.18. The topological polar surface area (TPSA) is 105 Å². The summed E-state index contributed by atoms with van der Waals surface area (Å²) in [4.78, 5) is 35.8. The molecule has 3 N–H and O–H groups in total. The van der Waals surface area contributed by atoms with Gasteiger partial charge < -0.3 is 20.5 Å². The van der Waals surface area contributed by atoms with Gasteiger partial charge in [0.25, 0.3) is 0 Å². The summed E-state index contributed by atoms with van der Waals surface area (Å²) in [7, 11) is 0. The first-order chi connectivity index (χ1) is 17.0. The van der Waals surface area contributed by atoms with Crippen LogP contribution in [0.3, 0.4) is 0 Å². The molecule has 0 aromatic heterocycles. The van der Waals surface area contributed by atoms with E-state index in [0.29, 0.717) is 5.56 Å². The van der Waals surface area contributed by atoms with Crippen LogP contribution in [0.25, 0.3) is 11.1 Å². The Balaban J connectivity index is 1.38. The summed E-state index contributed by atoms with van der Waals surface area (Å²) < 4.78 is 5.56. The van der Waals surface area contributed by atoms with Crippen LogP contribution in [0.4, 0.5) is 4.79 Å². The second-order valence-electron chi connectivity index (χ2n) is 7.99. The van der Waals surface area contributed by atoms with E-state index in [9.17, 15) is 14.4 Å². The van der Waals surface area contributed by atoms with Crippen LogP contribution in [-0.4, -0.2) is 42.8 Å². The molecule has 1 unspecified atom stereocenters. The number of carbonyl (C=O) groups is 3. The quantitative estimate of drug-likeness (QED) is 0.461. The number of ether oxygens (including phenoxy) is 1. The van der Waals surface area contributed by atoms with Crippen LogP contribution in [0.15, 0.2) is 78.9 Å². The third-order valence-electron chi connectivity index (χ3n) is 5.86. The van der Waals surface area contributed by atoms with Gasteiger partial charge in [0.2, 0.25) is 5.91 Å². The summed E-state index contributed by atoms with van der Waals surface area (Å²) in [5, 5.41) is 13.9. The summed E-state index contributed by atoms with van der Waals surface area (Å²) in [6.07, 6.45) is -0.619. The van der Waals surface area contributed by atoms with Crippen molar-refractivity contribution in [1.82, 2.24) is 10.6 Å². The molecule has 2 amide bonds. The monoisotopic (exact) mass is 468 g/mol. The third kappa shape index (κ3) is 5.68. The maximum absolute atomic E-state index is 12.7. The fourth-order valence-electron chi connectivity index (χ4n) is 4.26. The highest BCUT2D eigenvalue weighted by molar-refractivity contribution is 5.87. The van der Waals surface area contributed by atoms with Gasteiger partial charge in [0, 0.05) is 18.4 Å². The third-order valence-corrected chi connectivity index (χ3v) is 5.86. The SMILES string of the molecule is O=C(O)C#CCNC(=O)C(CNC(=O)OCC1c2ccccc2-c2ccccc21)c1ccccc1. The molecule has 7 nitrogen and oxygen atoms in total. The van der Waals surface area contributed by atoms with Gasteiger partial charge >= 0.3 is 12.1 Å². The first kappa shape index (κ1) is 23.6. The van der Waals surface area contributed by atoms with Crippen molar-refractivity contribution in [2.24, 2.45) is 0 Å². The van der Waals surface area contributed by atoms with Crippen molar-refractivity contribution in [1.29, 1.82) is 0 Å². The average Bonchev–Trinajstić information content (AvgIpc) is 3.20. The van der Waals surface area contributed by atoms with E-state index in [4.69, 9.17) is 9.84 Å². The molecule has 3 aromatic rings. The van der Waals surface area contributed by atoms with Gasteiger partial charge in [0.1, 0.15) is 6.61 Å². The van der Waals surface area contributed by atoms with E-state index in [-0.39, 0.29) is 31.5 Å². The van der Waals surface area contributed by atoms with E-state index in [0.717, 1.165) is 22.3 Å². The lowest BCUT2D eigenvalue weighted by molar-refractivity contribution is -0.130. The van der Waals surface area contributed by atoms with Crippen LogP contribution < -0.4 is 10.6 Å². The minimum Gasteiger partial charge on any atom is -0.472 e. The first-order valence-corrected chi connectivity index (χ1v) is 11.2. The normalized spacial score (nSPS) is 12.3. The lowest BCUT2D eigenvalue weighted by atomic mass is 9.98. The fourth-order valence-corrected chi connectivity index (χ4v) is 4.26. The van der Waals surface area contributed by atoms with Crippen LogP contribution in [0.1, 0.15) is 28.5 Å². The highest BCUT2D eigenvalue weighted by atomic mass is 16.5. The molecule has 1 aliphatic carbocycles. The second-order valence-corrected chi connectivity index (χ2v) is 7.99. The van der Waals surface area contributed by atoms with Gasteiger partial charge in [-0.05, 0) is 27.8 Å². The zero-order valence-corrected chi connectivity index (χ0v) is 18.9. The number of carboxylic acids is 1. The Kier molecular flexibility index (Phi) is 7.44. The molecule has 0 heterocycles. The molecule has 35 heavy (non-hydrogen) atoms. The molecular formula is C28H24N2O5. The Morgan fingerprint density at radius 2 is 1.46 bits per heavy atom. The molecule has 0 radical (unpaired) electrons. The van der Waals surface area contributed by atoms with Crippen LogP contribution in [-0.2, 0) is 14.3 Å². The molecule has 176 valence electrons. The Morgan fingerprint density at radius 3 is 2.09 bits per heavy atom. The van der Waals surface area contributed by atoms with Gasteiger partial charge in [-0.2, -0.15) is 0 Å². The van der Waals surface area contributed by atoms with Crippen molar-refractivity contribution in [3.63, 3.8) is 0 Å². The van der Waals surface area contributed by atoms with Crippen LogP contribution in [0.5, 0.6) is 0 Å². The fraction of sp³-hybridized carbons (Fsp3) is 0.179. The van der Waals surface area contributed by atoms with Crippen molar-refractivity contribution >= 4 is 18.0 Å². The molecule has 0 spiro atoms. The van der Waals surface area contributed by atoms with Crippen LogP contribution in [0, 0.1) is 11.8 Å². The van der Waals surface area contributed by atoms with E-state index < -0.39 is 18.0 Å². The van der Waals surface area contributed by atoms with Crippen LogP contribution in [0.2, 0.25) is 0 Å². The summed E-state index contributed by atoms with van der Waals surface area (Å²) in [5.41, 5.74) is 5.22. The van der Waals surface area contributed by atoms with Crippen molar-refractivity contribution in [2.45, 2.75) is 11.8 Å². The maximum Gasteiger partial charge on any atom is 0.407 e. The molecule has 0 bridgehead atoms. The minimum atomic E-state index is -1.27. The van der Waals surface area contributed by atoms with E-state index in [2.05, 4.69) is 28.7 Å². The number of amides is 2. The van der Waals surface area contributed by atoms with Crippen molar-refractivity contribution in [3.05, 3.63) is 95.6 Å². The lowest BCUT2D eigenvalue weighted by Crippen LogP contribution is -2.38. The largest absolute Gasteiger partial charge is 0.472 e. The zero-order valence-electron chi connectivity index (χ0n) is 18.9. The van der Waals surface area contributed by atoms with Crippen molar-refractivity contribution in [2.75, 3.05) is 19.7 Å². The molecule has 0 saturated carbocycles. The number of carboxylic acid groups (broad SMARTS) is 1. The van der Waals surface area contributed by atoms with Gasteiger partial charge in [0.15, 0.2) is 0 Å². The van der Waals surface area contributed by atoms with Crippen molar-refractivity contribution in [3.8, 4) is 23.0 Å². The number of aliphatic carboxylic acids is 1. The summed E-state index contributed by atoms with van der Waals surface area (Å²) >= 11 is 0. The summed E-state index contributed by atoms with van der Waals surface area (Å²) in [6.45, 7) is 0.0745. The number of hydrogen-bond donors (Lipinski definition) is 3. The molecule has 1 aliphatic rings. The Bertz CT molecular complexity index is 1250. The Hall–Kier alpha value is -4.57. The molecule has 0 saturated heterocycles. The first-order valence-electron chi connectivity index (χ1n) is 11.2. The Labute approximate surface area is 203 Å². The number of alkyl carbamates (subject to hydrolysis) is 1. The predicted octanol–water partition coefficient (Wildman–Crippen LogP) is 3.51.